The summed E-state index contributed by atoms with van der Waals surface area (Å²) >= 11 is 0. The van der Waals surface area contributed by atoms with E-state index >= 15 is 0 Å². The van der Waals surface area contributed by atoms with Gasteiger partial charge in [-0.15, -0.1) is 0 Å². The standard InChI is InChI=1S/C13H14N2O4/c1-17-11-3-9(4-12(5-11)18-2)13(16)14-6-10-7-19-8-15-10/h3-5,7-8H,6H2,1-2H3,(H,14,16). The lowest BCUT2D eigenvalue weighted by atomic mass is 10.2. The van der Waals surface area contributed by atoms with Crippen LogP contribution in [0.1, 0.15) is 16.1 Å². The maximum Gasteiger partial charge on any atom is 0.251 e. The van der Waals surface area contributed by atoms with Gasteiger partial charge < -0.3 is 19.2 Å². The molecular weight excluding hydrogens is 248 g/mol. The minimum atomic E-state index is -0.236. The Kier molecular flexibility index (Phi) is 4.02. The molecule has 0 saturated carbocycles. The average molecular weight is 262 g/mol. The first kappa shape index (κ1) is 12.9. The van der Waals surface area contributed by atoms with Crippen molar-refractivity contribution in [2.45, 2.75) is 6.54 Å². The highest BCUT2D eigenvalue weighted by molar-refractivity contribution is 5.95. The number of hydrogen-bond donors (Lipinski definition) is 1. The largest absolute Gasteiger partial charge is 0.497 e. The lowest BCUT2D eigenvalue weighted by Gasteiger charge is -2.08. The zero-order valence-electron chi connectivity index (χ0n) is 10.7. The number of methoxy groups -OCH3 is 2. The van der Waals surface area contributed by atoms with Crippen LogP contribution in [0.25, 0.3) is 0 Å². The molecule has 6 nitrogen and oxygen atoms in total. The Balaban J connectivity index is 2.09. The van der Waals surface area contributed by atoms with E-state index in [0.717, 1.165) is 0 Å². The molecule has 0 aliphatic carbocycles. The second kappa shape index (κ2) is 5.90. The van der Waals surface area contributed by atoms with Crippen molar-refractivity contribution in [1.29, 1.82) is 0 Å². The van der Waals surface area contributed by atoms with Gasteiger partial charge >= 0.3 is 0 Å². The molecule has 0 aliphatic rings. The molecule has 19 heavy (non-hydrogen) atoms. The molecule has 0 unspecified atom stereocenters. The SMILES string of the molecule is COc1cc(OC)cc(C(=O)NCc2cocn2)c1. The molecule has 0 fully saturated rings. The topological polar surface area (TPSA) is 73.6 Å². The number of benzene rings is 1. The fourth-order valence-electron chi connectivity index (χ4n) is 1.54. The third kappa shape index (κ3) is 3.25. The quantitative estimate of drug-likeness (QED) is 0.886. The van der Waals surface area contributed by atoms with E-state index in [4.69, 9.17) is 13.9 Å². The highest BCUT2D eigenvalue weighted by atomic mass is 16.5. The molecule has 1 aromatic carbocycles. The fourth-order valence-corrected chi connectivity index (χ4v) is 1.54. The van der Waals surface area contributed by atoms with Crippen molar-refractivity contribution in [2.24, 2.45) is 0 Å². The van der Waals surface area contributed by atoms with Crippen LogP contribution in [-0.2, 0) is 6.54 Å². The molecule has 0 spiro atoms. The van der Waals surface area contributed by atoms with Gasteiger partial charge in [0.25, 0.3) is 5.91 Å². The third-order valence-electron chi connectivity index (χ3n) is 2.53. The molecule has 0 bridgehead atoms. The van der Waals surface area contributed by atoms with Gasteiger partial charge in [0.05, 0.1) is 26.5 Å². The van der Waals surface area contributed by atoms with Gasteiger partial charge in [0.15, 0.2) is 6.39 Å². The van der Waals surface area contributed by atoms with Crippen LogP contribution < -0.4 is 14.8 Å². The summed E-state index contributed by atoms with van der Waals surface area (Å²) in [5.41, 5.74) is 1.11. The highest BCUT2D eigenvalue weighted by Gasteiger charge is 2.10. The van der Waals surface area contributed by atoms with Crippen LogP contribution in [-0.4, -0.2) is 25.1 Å². The number of oxazole rings is 1. The van der Waals surface area contributed by atoms with Gasteiger partial charge in [-0.1, -0.05) is 0 Å². The average Bonchev–Trinajstić information content (AvgIpc) is 2.97. The minimum Gasteiger partial charge on any atom is -0.497 e. The van der Waals surface area contributed by atoms with E-state index < -0.39 is 0 Å². The Morgan fingerprint density at radius 1 is 1.26 bits per heavy atom. The zero-order chi connectivity index (χ0) is 13.7. The Morgan fingerprint density at radius 3 is 2.47 bits per heavy atom. The van der Waals surface area contributed by atoms with Gasteiger partial charge in [-0.05, 0) is 12.1 Å². The Labute approximate surface area is 110 Å². The second-order valence-corrected chi connectivity index (χ2v) is 3.76. The fraction of sp³-hybridized carbons (Fsp3) is 0.231. The van der Waals surface area contributed by atoms with E-state index in [1.165, 1.54) is 26.9 Å². The van der Waals surface area contributed by atoms with Crippen LogP contribution >= 0.6 is 0 Å². The highest BCUT2D eigenvalue weighted by Crippen LogP contribution is 2.22. The third-order valence-corrected chi connectivity index (χ3v) is 2.53. The molecule has 1 heterocycles. The van der Waals surface area contributed by atoms with Crippen molar-refractivity contribution in [2.75, 3.05) is 14.2 Å². The van der Waals surface area contributed by atoms with E-state index in [9.17, 15) is 4.79 Å². The number of carbonyl (C=O) groups excluding carboxylic acids is 1. The van der Waals surface area contributed by atoms with Crippen molar-refractivity contribution in [3.05, 3.63) is 42.1 Å². The van der Waals surface area contributed by atoms with Gasteiger partial charge in [-0.25, -0.2) is 4.98 Å². The van der Waals surface area contributed by atoms with Crippen molar-refractivity contribution >= 4 is 5.91 Å². The molecule has 0 radical (unpaired) electrons. The van der Waals surface area contributed by atoms with Crippen molar-refractivity contribution in [3.8, 4) is 11.5 Å². The molecule has 6 heteroatoms. The lowest BCUT2D eigenvalue weighted by Crippen LogP contribution is -2.23. The molecular formula is C13H14N2O4. The first-order valence-corrected chi connectivity index (χ1v) is 5.61. The van der Waals surface area contributed by atoms with Crippen LogP contribution in [0, 0.1) is 0 Å². The molecule has 1 amide bonds. The number of rotatable bonds is 5. The Hall–Kier alpha value is -2.50. The summed E-state index contributed by atoms with van der Waals surface area (Å²) in [5.74, 6) is 0.886. The maximum atomic E-state index is 12.0. The van der Waals surface area contributed by atoms with Gasteiger partial charge in [0.2, 0.25) is 0 Å². The van der Waals surface area contributed by atoms with Crippen LogP contribution in [0.3, 0.4) is 0 Å². The summed E-state index contributed by atoms with van der Waals surface area (Å²) < 4.78 is 15.0. The van der Waals surface area contributed by atoms with E-state index in [1.807, 2.05) is 0 Å². The van der Waals surface area contributed by atoms with E-state index in [2.05, 4.69) is 10.3 Å². The Bertz CT molecular complexity index is 530. The first-order chi connectivity index (χ1) is 9.22. The number of nitrogens with one attached hydrogen (secondary N) is 1. The number of nitrogens with zero attached hydrogens (tertiary/aromatic N) is 1. The zero-order valence-corrected chi connectivity index (χ0v) is 10.7. The first-order valence-electron chi connectivity index (χ1n) is 5.61. The summed E-state index contributed by atoms with van der Waals surface area (Å²) in [4.78, 5) is 15.9. The summed E-state index contributed by atoms with van der Waals surface area (Å²) in [7, 11) is 3.07. The van der Waals surface area contributed by atoms with Crippen LogP contribution in [0.5, 0.6) is 11.5 Å². The van der Waals surface area contributed by atoms with Gasteiger partial charge in [-0.2, -0.15) is 0 Å². The summed E-state index contributed by atoms with van der Waals surface area (Å²) in [5, 5.41) is 2.73. The molecule has 1 N–H and O–H groups in total. The normalized spacial score (nSPS) is 10.0. The molecule has 0 aliphatic heterocycles. The predicted octanol–water partition coefficient (Wildman–Crippen LogP) is 1.62. The van der Waals surface area contributed by atoms with Crippen LogP contribution in [0.2, 0.25) is 0 Å². The molecule has 2 aromatic rings. The Morgan fingerprint density at radius 2 is 1.95 bits per heavy atom. The van der Waals surface area contributed by atoms with Gasteiger partial charge in [-0.3, -0.25) is 4.79 Å². The number of hydrogen-bond acceptors (Lipinski definition) is 5. The second-order valence-electron chi connectivity index (χ2n) is 3.76. The maximum absolute atomic E-state index is 12.0. The van der Waals surface area contributed by atoms with E-state index in [0.29, 0.717) is 29.3 Å². The molecule has 0 atom stereocenters. The summed E-state index contributed by atoms with van der Waals surface area (Å²) in [6, 6.07) is 4.98. The minimum absolute atomic E-state index is 0.236. The number of ether oxygens (including phenoxy) is 2. The predicted molar refractivity (Wildman–Crippen MR) is 67.2 cm³/mol. The van der Waals surface area contributed by atoms with Crippen LogP contribution in [0.15, 0.2) is 35.3 Å². The van der Waals surface area contributed by atoms with Gasteiger partial charge in [0, 0.05) is 11.6 Å². The van der Waals surface area contributed by atoms with E-state index in [-0.39, 0.29) is 5.91 Å². The molecule has 100 valence electrons. The number of amides is 1. The lowest BCUT2D eigenvalue weighted by molar-refractivity contribution is 0.0949. The molecule has 0 saturated heterocycles. The van der Waals surface area contributed by atoms with Crippen LogP contribution in [0.4, 0.5) is 0 Å². The summed E-state index contributed by atoms with van der Waals surface area (Å²) in [6.45, 7) is 0.300. The number of aromatic nitrogens is 1. The molecule has 2 rings (SSSR count). The molecule has 1 aromatic heterocycles. The van der Waals surface area contributed by atoms with Gasteiger partial charge in [0.1, 0.15) is 17.8 Å². The summed E-state index contributed by atoms with van der Waals surface area (Å²) in [6.07, 6.45) is 2.79. The van der Waals surface area contributed by atoms with Crippen molar-refractivity contribution in [1.82, 2.24) is 10.3 Å². The smallest absolute Gasteiger partial charge is 0.251 e. The number of carbonyl (C=O) groups is 1. The monoisotopic (exact) mass is 262 g/mol. The van der Waals surface area contributed by atoms with Crippen molar-refractivity contribution in [3.63, 3.8) is 0 Å². The van der Waals surface area contributed by atoms with E-state index in [1.54, 1.807) is 18.2 Å². The van der Waals surface area contributed by atoms with Crippen molar-refractivity contribution < 1.29 is 18.7 Å².